The van der Waals surface area contributed by atoms with Crippen molar-refractivity contribution in [3.8, 4) is 0 Å². The number of carbonyl (C=O) groups excluding carboxylic acids is 3. The molecule has 21 nitrogen and oxygen atoms in total. The van der Waals surface area contributed by atoms with Gasteiger partial charge in [-0.2, -0.15) is 0 Å². The zero-order chi connectivity index (χ0) is 53.3. The molecule has 1 aliphatic heterocycles. The molecular weight excluding hydrogens is 913 g/mol. The predicted molar refractivity (Wildman–Crippen MR) is 244 cm³/mol. The maximum atomic E-state index is 11.4. The fraction of sp³-hybridized carbons (Fsp3) is 0.458. The van der Waals surface area contributed by atoms with Gasteiger partial charge in [0.25, 0.3) is 0 Å². The van der Waals surface area contributed by atoms with E-state index in [2.05, 4.69) is 4.74 Å². The number of cyclic esters (lactones) is 2. The standard InChI is InChI=1S/C10H20O4.C9H4O5.2C8H6O4.C8H16O2.C5H12O2/c1-9(2,5-11)7-14-8(13)10(3,4)6-12;10-7(11)4-1-2-5-6(3-4)9(13)14-8(5)12;9-7(10)5-1-2-6(4-3-5)8(11)12;9-7(10)5-2-1-3-6(4-5)8(11)12;9-5-7-1-2-8(6-10)4-3-7;1-5(2,3-6)4-7/h11-12H,5-7H2,1-4H3;1-3H,(H,10,11);2*1-4H,(H,9,10)(H,11,12);7-10H,1-6H2;6-7H,3-4H2,1-2H3. The summed E-state index contributed by atoms with van der Waals surface area (Å²) in [7, 11) is 0. The fourth-order valence-electron chi connectivity index (χ4n) is 4.97. The number of aliphatic hydroxyl groups is 6. The second-order valence-electron chi connectivity index (χ2n) is 17.8. The van der Waals surface area contributed by atoms with Crippen molar-refractivity contribution in [1.82, 2.24) is 0 Å². The van der Waals surface area contributed by atoms with Gasteiger partial charge >= 0.3 is 47.8 Å². The molecule has 5 rings (SSSR count). The zero-order valence-electron chi connectivity index (χ0n) is 39.3. The van der Waals surface area contributed by atoms with E-state index in [-0.39, 0.29) is 77.4 Å². The van der Waals surface area contributed by atoms with Crippen molar-refractivity contribution in [3.05, 3.63) is 106 Å². The van der Waals surface area contributed by atoms with E-state index in [1.165, 1.54) is 54.6 Å². The van der Waals surface area contributed by atoms with E-state index < -0.39 is 58.6 Å². The summed E-state index contributed by atoms with van der Waals surface area (Å²) in [5.41, 5.74) is -1.40. The molecule has 11 N–H and O–H groups in total. The van der Waals surface area contributed by atoms with Crippen molar-refractivity contribution < 1.29 is 104 Å². The number of fused-ring (bicyclic) bond motifs is 1. The van der Waals surface area contributed by atoms with Gasteiger partial charge < -0.3 is 65.6 Å². The molecule has 382 valence electrons. The van der Waals surface area contributed by atoms with E-state index >= 15 is 0 Å². The van der Waals surface area contributed by atoms with Crippen LogP contribution < -0.4 is 0 Å². The van der Waals surface area contributed by atoms with E-state index in [0.717, 1.165) is 37.8 Å². The molecule has 0 unspecified atom stereocenters. The van der Waals surface area contributed by atoms with Gasteiger partial charge in [-0.05, 0) is 112 Å². The third kappa shape index (κ3) is 23.3. The van der Waals surface area contributed by atoms with Gasteiger partial charge in [0.15, 0.2) is 0 Å². The van der Waals surface area contributed by atoms with Gasteiger partial charge in [-0.25, -0.2) is 33.6 Å². The average molecular weight is 977 g/mol. The van der Waals surface area contributed by atoms with E-state index in [1.807, 2.05) is 0 Å². The Morgan fingerprint density at radius 3 is 1.16 bits per heavy atom. The molecule has 0 aromatic heterocycles. The summed E-state index contributed by atoms with van der Waals surface area (Å²) >= 11 is 0. The first kappa shape index (κ1) is 62.4. The van der Waals surface area contributed by atoms with Crippen LogP contribution in [-0.2, 0) is 14.3 Å². The quantitative estimate of drug-likeness (QED) is 0.0796. The lowest BCUT2D eigenvalue weighted by atomic mass is 9.83. The van der Waals surface area contributed by atoms with E-state index in [9.17, 15) is 38.4 Å². The Morgan fingerprint density at radius 2 is 0.841 bits per heavy atom. The second-order valence-corrected chi connectivity index (χ2v) is 17.8. The van der Waals surface area contributed by atoms with Crippen molar-refractivity contribution in [2.75, 3.05) is 46.2 Å². The van der Waals surface area contributed by atoms with Gasteiger partial charge in [0.05, 0.1) is 77.4 Å². The number of aromatic carboxylic acids is 5. The Kier molecular flexibility index (Phi) is 27.1. The molecule has 0 bridgehead atoms. The summed E-state index contributed by atoms with van der Waals surface area (Å²) < 4.78 is 9.29. The van der Waals surface area contributed by atoms with Crippen LogP contribution in [0.4, 0.5) is 0 Å². The van der Waals surface area contributed by atoms with Crippen molar-refractivity contribution in [1.29, 1.82) is 0 Å². The Hall–Kier alpha value is -6.62. The number of ether oxygens (including phenoxy) is 2. The van der Waals surface area contributed by atoms with Crippen LogP contribution in [0.15, 0.2) is 66.7 Å². The molecule has 3 aromatic rings. The number of esters is 3. The molecule has 0 saturated heterocycles. The molecule has 0 spiro atoms. The van der Waals surface area contributed by atoms with Crippen LogP contribution in [-0.4, -0.2) is 150 Å². The zero-order valence-corrected chi connectivity index (χ0v) is 39.3. The summed E-state index contributed by atoms with van der Waals surface area (Å²) in [6.45, 7) is 11.0. The highest BCUT2D eigenvalue weighted by atomic mass is 16.6. The monoisotopic (exact) mass is 976 g/mol. The van der Waals surface area contributed by atoms with Crippen molar-refractivity contribution in [3.63, 3.8) is 0 Å². The first-order chi connectivity index (χ1) is 32.0. The normalized spacial score (nSPS) is 14.8. The lowest BCUT2D eigenvalue weighted by Gasteiger charge is -2.25. The Balaban J connectivity index is 0.000000814. The molecule has 3 aromatic carbocycles. The van der Waals surface area contributed by atoms with Gasteiger partial charge in [0, 0.05) is 24.0 Å². The van der Waals surface area contributed by atoms with Crippen LogP contribution in [0.3, 0.4) is 0 Å². The van der Waals surface area contributed by atoms with Gasteiger partial charge in [0.1, 0.15) is 0 Å². The molecule has 2 aliphatic rings. The Labute approximate surface area is 398 Å². The minimum absolute atomic E-state index is 0.00917. The number of hydrogen-bond acceptors (Lipinski definition) is 16. The van der Waals surface area contributed by atoms with Crippen LogP contribution in [0, 0.1) is 28.1 Å². The summed E-state index contributed by atoms with van der Waals surface area (Å²) in [6.07, 6.45) is 4.40. The van der Waals surface area contributed by atoms with Crippen molar-refractivity contribution in [2.45, 2.75) is 67.2 Å². The SMILES string of the molecule is CC(C)(CO)CO.CC(C)(CO)COC(=O)C(C)(C)CO.O=C(O)c1ccc(C(=O)O)cc1.O=C(O)c1ccc2c(c1)C(=O)OC2=O.O=C(O)c1cccc(C(=O)O)c1.OCC1CCC(CO)CC1. The molecule has 0 amide bonds. The summed E-state index contributed by atoms with van der Waals surface area (Å²) in [6, 6.07) is 13.9. The summed E-state index contributed by atoms with van der Waals surface area (Å²) in [4.78, 5) is 85.4. The van der Waals surface area contributed by atoms with Gasteiger partial charge in [-0.15, -0.1) is 0 Å². The first-order valence-electron chi connectivity index (χ1n) is 21.1. The van der Waals surface area contributed by atoms with Crippen LogP contribution in [0.25, 0.3) is 0 Å². The van der Waals surface area contributed by atoms with Crippen molar-refractivity contribution in [2.24, 2.45) is 28.1 Å². The molecule has 1 heterocycles. The number of carboxylic acid groups (broad SMARTS) is 5. The van der Waals surface area contributed by atoms with E-state index in [4.69, 9.17) is 60.9 Å². The highest BCUT2D eigenvalue weighted by molar-refractivity contribution is 6.15. The van der Waals surface area contributed by atoms with Crippen LogP contribution in [0.2, 0.25) is 0 Å². The smallest absolute Gasteiger partial charge is 0.346 e. The third-order valence-electron chi connectivity index (χ3n) is 9.94. The summed E-state index contributed by atoms with van der Waals surface area (Å²) in [5, 5.41) is 94.8. The molecular formula is C48H64O21. The molecule has 69 heavy (non-hydrogen) atoms. The van der Waals surface area contributed by atoms with Gasteiger partial charge in [0.2, 0.25) is 0 Å². The molecule has 0 radical (unpaired) electrons. The first-order valence-corrected chi connectivity index (χ1v) is 21.1. The maximum absolute atomic E-state index is 11.4. The van der Waals surface area contributed by atoms with Crippen LogP contribution in [0.5, 0.6) is 0 Å². The Morgan fingerprint density at radius 1 is 0.493 bits per heavy atom. The number of rotatable bonds is 14. The average Bonchev–Trinajstić information content (AvgIpc) is 3.62. The van der Waals surface area contributed by atoms with Crippen molar-refractivity contribution >= 4 is 47.8 Å². The second kappa shape index (κ2) is 30.0. The number of carboxylic acids is 5. The Bertz CT molecular complexity index is 2090. The predicted octanol–water partition coefficient (Wildman–Crippen LogP) is 4.20. The molecule has 1 fully saturated rings. The minimum atomic E-state index is -1.15. The highest BCUT2D eigenvalue weighted by Crippen LogP contribution is 2.28. The number of hydrogen-bond donors (Lipinski definition) is 11. The fourth-order valence-corrected chi connectivity index (χ4v) is 4.97. The largest absolute Gasteiger partial charge is 0.478 e. The molecule has 1 saturated carbocycles. The molecule has 1 aliphatic carbocycles. The molecule has 0 atom stereocenters. The van der Waals surface area contributed by atoms with Gasteiger partial charge in [-0.3, -0.25) is 4.79 Å². The molecule has 21 heteroatoms. The topological polar surface area (TPSA) is 378 Å². The van der Waals surface area contributed by atoms with Crippen LogP contribution in [0.1, 0.15) is 140 Å². The van der Waals surface area contributed by atoms with E-state index in [0.29, 0.717) is 25.0 Å². The van der Waals surface area contributed by atoms with Gasteiger partial charge in [-0.1, -0.05) is 33.8 Å². The number of benzene rings is 3. The summed E-state index contributed by atoms with van der Waals surface area (Å²) in [5.74, 6) is -6.47. The minimum Gasteiger partial charge on any atom is -0.478 e. The third-order valence-corrected chi connectivity index (χ3v) is 9.94. The highest BCUT2D eigenvalue weighted by Gasteiger charge is 2.31. The number of carbonyl (C=O) groups is 8. The lowest BCUT2D eigenvalue weighted by molar-refractivity contribution is -0.159. The lowest BCUT2D eigenvalue weighted by Crippen LogP contribution is -2.34. The maximum Gasteiger partial charge on any atom is 0.346 e. The van der Waals surface area contributed by atoms with Crippen LogP contribution >= 0.6 is 0 Å². The number of aliphatic hydroxyl groups excluding tert-OH is 6. The van der Waals surface area contributed by atoms with E-state index in [1.54, 1.807) is 41.5 Å².